The molecule has 0 radical (unpaired) electrons. The first kappa shape index (κ1) is 27.2. The molecule has 0 spiro atoms. The molecule has 34 heavy (non-hydrogen) atoms. The molecule has 8 nitrogen and oxygen atoms in total. The second kappa shape index (κ2) is 14.2. The highest BCUT2D eigenvalue weighted by Crippen LogP contribution is 2.14. The Labute approximate surface area is 218 Å². The summed E-state index contributed by atoms with van der Waals surface area (Å²) in [5.74, 6) is 1.31. The molecule has 9 heteroatoms. The molecule has 0 aliphatic rings. The number of benzene rings is 2. The second-order valence-corrected chi connectivity index (χ2v) is 7.75. The molecular weight excluding hydrogens is 543 g/mol. The largest absolute Gasteiger partial charge is 0.484 e. The maximum Gasteiger partial charge on any atom is 0.259 e. The van der Waals surface area contributed by atoms with Gasteiger partial charge in [-0.2, -0.15) is 5.10 Å². The van der Waals surface area contributed by atoms with E-state index in [0.29, 0.717) is 18.8 Å². The van der Waals surface area contributed by atoms with Crippen LogP contribution in [0.3, 0.4) is 0 Å². The number of hydrogen-bond donors (Lipinski definition) is 2. The molecule has 0 fully saturated rings. The Morgan fingerprint density at radius 1 is 1.09 bits per heavy atom. The van der Waals surface area contributed by atoms with Crippen molar-refractivity contribution in [2.75, 3.05) is 27.2 Å². The Bertz CT molecular complexity index is 1050. The van der Waals surface area contributed by atoms with Crippen LogP contribution in [-0.4, -0.2) is 53.8 Å². The average Bonchev–Trinajstić information content (AvgIpc) is 3.33. The number of aromatic nitrogens is 2. The summed E-state index contributed by atoms with van der Waals surface area (Å²) in [6.45, 7) is 4.68. The fraction of sp³-hybridized carbons (Fsp3) is 0.320. The number of amides is 1. The average molecular weight is 576 g/mol. The number of rotatable bonds is 10. The van der Waals surface area contributed by atoms with Crippen LogP contribution in [0.5, 0.6) is 5.75 Å². The van der Waals surface area contributed by atoms with E-state index >= 15 is 0 Å². The molecule has 0 unspecified atom stereocenters. The highest BCUT2D eigenvalue weighted by Gasteiger charge is 2.07. The lowest BCUT2D eigenvalue weighted by Gasteiger charge is -2.14. The lowest BCUT2D eigenvalue weighted by Crippen LogP contribution is -2.37. The Morgan fingerprint density at radius 3 is 2.59 bits per heavy atom. The summed E-state index contributed by atoms with van der Waals surface area (Å²) in [6, 6.07) is 17.9. The summed E-state index contributed by atoms with van der Waals surface area (Å²) in [5, 5.41) is 11.0. The lowest BCUT2D eigenvalue weighted by molar-refractivity contribution is -0.130. The van der Waals surface area contributed by atoms with Crippen LogP contribution in [0.15, 0.2) is 72.0 Å². The normalized spacial score (nSPS) is 10.9. The first-order valence-electron chi connectivity index (χ1n) is 11.0. The van der Waals surface area contributed by atoms with E-state index in [-0.39, 0.29) is 36.5 Å². The zero-order valence-corrected chi connectivity index (χ0v) is 22.2. The predicted octanol–water partition coefficient (Wildman–Crippen LogP) is 3.27. The zero-order valence-electron chi connectivity index (χ0n) is 19.9. The standard InChI is InChI=1S/C25H32N6O2.HI/c1-4-26-25(27-16-20-9-7-12-23(15-20)33-19-24(32)30(2)3)28-17-21-10-5-6-11-22(21)18-31-14-8-13-29-31;/h5-15H,4,16-19H2,1-3H3,(H2,26,27,28);1H. The molecule has 0 aliphatic carbocycles. The van der Waals surface area contributed by atoms with Crippen LogP contribution >= 0.6 is 24.0 Å². The van der Waals surface area contributed by atoms with E-state index in [1.54, 1.807) is 20.3 Å². The third-order valence-electron chi connectivity index (χ3n) is 4.98. The van der Waals surface area contributed by atoms with Crippen molar-refractivity contribution in [3.63, 3.8) is 0 Å². The van der Waals surface area contributed by atoms with Crippen LogP contribution < -0.4 is 15.4 Å². The Kier molecular flexibility index (Phi) is 11.4. The first-order valence-corrected chi connectivity index (χ1v) is 11.0. The summed E-state index contributed by atoms with van der Waals surface area (Å²) >= 11 is 0. The van der Waals surface area contributed by atoms with Crippen molar-refractivity contribution >= 4 is 35.8 Å². The number of likely N-dealkylation sites (N-methyl/N-ethyl adjacent to an activating group) is 1. The topological polar surface area (TPSA) is 83.8 Å². The van der Waals surface area contributed by atoms with Gasteiger partial charge in [-0.15, -0.1) is 24.0 Å². The molecule has 1 amide bonds. The SMILES string of the molecule is CCNC(=NCc1cccc(OCC(=O)N(C)C)c1)NCc1ccccc1Cn1cccn1.I. The van der Waals surface area contributed by atoms with Crippen molar-refractivity contribution in [2.24, 2.45) is 4.99 Å². The van der Waals surface area contributed by atoms with Crippen molar-refractivity contribution in [3.05, 3.63) is 83.7 Å². The summed E-state index contributed by atoms with van der Waals surface area (Å²) in [5.41, 5.74) is 3.40. The molecule has 1 heterocycles. The Morgan fingerprint density at radius 2 is 1.88 bits per heavy atom. The van der Waals surface area contributed by atoms with E-state index in [2.05, 4.69) is 27.9 Å². The van der Waals surface area contributed by atoms with E-state index in [9.17, 15) is 4.79 Å². The van der Waals surface area contributed by atoms with Gasteiger partial charge >= 0.3 is 0 Å². The van der Waals surface area contributed by atoms with E-state index < -0.39 is 0 Å². The zero-order chi connectivity index (χ0) is 23.5. The summed E-state index contributed by atoms with van der Waals surface area (Å²) in [4.78, 5) is 18.0. The van der Waals surface area contributed by atoms with Gasteiger partial charge in [-0.25, -0.2) is 4.99 Å². The minimum atomic E-state index is -0.0788. The van der Waals surface area contributed by atoms with E-state index in [1.165, 1.54) is 16.0 Å². The van der Waals surface area contributed by atoms with Gasteiger partial charge in [0, 0.05) is 39.6 Å². The van der Waals surface area contributed by atoms with Crippen molar-refractivity contribution < 1.29 is 9.53 Å². The number of hydrogen-bond acceptors (Lipinski definition) is 4. The van der Waals surface area contributed by atoms with E-state index in [4.69, 9.17) is 9.73 Å². The van der Waals surface area contributed by atoms with Crippen molar-refractivity contribution in [3.8, 4) is 5.75 Å². The maximum absolute atomic E-state index is 11.7. The van der Waals surface area contributed by atoms with Crippen LogP contribution in [0.1, 0.15) is 23.6 Å². The highest BCUT2D eigenvalue weighted by atomic mass is 127. The molecule has 0 atom stereocenters. The van der Waals surface area contributed by atoms with Gasteiger partial charge in [-0.1, -0.05) is 36.4 Å². The van der Waals surface area contributed by atoms with Gasteiger partial charge in [0.15, 0.2) is 12.6 Å². The molecular formula is C25H33IN6O2. The number of carbonyl (C=O) groups is 1. The highest BCUT2D eigenvalue weighted by molar-refractivity contribution is 14.0. The van der Waals surface area contributed by atoms with Crippen molar-refractivity contribution in [1.29, 1.82) is 0 Å². The summed E-state index contributed by atoms with van der Waals surface area (Å²) in [6.07, 6.45) is 3.75. The molecule has 3 rings (SSSR count). The van der Waals surface area contributed by atoms with Crippen LogP contribution in [0.25, 0.3) is 0 Å². The smallest absolute Gasteiger partial charge is 0.259 e. The third kappa shape index (κ3) is 8.69. The van der Waals surface area contributed by atoms with Gasteiger partial charge in [0.2, 0.25) is 0 Å². The van der Waals surface area contributed by atoms with Crippen LogP contribution in [0.4, 0.5) is 0 Å². The minimum absolute atomic E-state index is 0. The predicted molar refractivity (Wildman–Crippen MR) is 145 cm³/mol. The van der Waals surface area contributed by atoms with E-state index in [1.807, 2.05) is 60.3 Å². The van der Waals surface area contributed by atoms with Gasteiger partial charge in [-0.3, -0.25) is 9.48 Å². The number of aliphatic imine (C=N–C) groups is 1. The lowest BCUT2D eigenvalue weighted by atomic mass is 10.1. The first-order chi connectivity index (χ1) is 16.0. The number of nitrogens with one attached hydrogen (secondary N) is 2. The van der Waals surface area contributed by atoms with Gasteiger partial charge in [-0.05, 0) is 41.8 Å². The Hall–Kier alpha value is -3.08. The minimum Gasteiger partial charge on any atom is -0.484 e. The number of guanidine groups is 1. The Balaban J connectivity index is 0.00000408. The van der Waals surface area contributed by atoms with E-state index in [0.717, 1.165) is 24.6 Å². The van der Waals surface area contributed by atoms with Gasteiger partial charge in [0.25, 0.3) is 5.91 Å². The third-order valence-corrected chi connectivity index (χ3v) is 4.98. The monoisotopic (exact) mass is 576 g/mol. The quantitative estimate of drug-likeness (QED) is 0.220. The molecule has 2 N–H and O–H groups in total. The maximum atomic E-state index is 11.7. The van der Waals surface area contributed by atoms with Crippen molar-refractivity contribution in [1.82, 2.24) is 25.3 Å². The van der Waals surface area contributed by atoms with Crippen LogP contribution in [0.2, 0.25) is 0 Å². The molecule has 0 aliphatic heterocycles. The fourth-order valence-electron chi connectivity index (χ4n) is 3.15. The summed E-state index contributed by atoms with van der Waals surface area (Å²) in [7, 11) is 3.42. The summed E-state index contributed by atoms with van der Waals surface area (Å²) < 4.78 is 7.52. The van der Waals surface area contributed by atoms with Crippen molar-refractivity contribution in [2.45, 2.75) is 26.6 Å². The molecule has 0 saturated carbocycles. The number of carbonyl (C=O) groups excluding carboxylic acids is 1. The number of nitrogens with zero attached hydrogens (tertiary/aromatic N) is 4. The molecule has 182 valence electrons. The van der Waals surface area contributed by atoms with Gasteiger partial charge in [0.05, 0.1) is 13.1 Å². The molecule has 3 aromatic rings. The molecule has 2 aromatic carbocycles. The number of halogens is 1. The van der Waals surface area contributed by atoms with Crippen LogP contribution in [0, 0.1) is 0 Å². The fourth-order valence-corrected chi connectivity index (χ4v) is 3.15. The second-order valence-electron chi connectivity index (χ2n) is 7.75. The van der Waals surface area contributed by atoms with Gasteiger partial charge < -0.3 is 20.3 Å². The molecule has 1 aromatic heterocycles. The molecule has 0 saturated heterocycles. The van der Waals surface area contributed by atoms with Crippen LogP contribution in [-0.2, 0) is 24.4 Å². The van der Waals surface area contributed by atoms with Gasteiger partial charge in [0.1, 0.15) is 5.75 Å². The number of ether oxygens (including phenoxy) is 1. The molecule has 0 bridgehead atoms.